The van der Waals surface area contributed by atoms with Gasteiger partial charge in [0.05, 0.1) is 18.7 Å². The Morgan fingerprint density at radius 2 is 1.95 bits per heavy atom. The van der Waals surface area contributed by atoms with Gasteiger partial charge in [0.15, 0.2) is 0 Å². The number of nitrogens with one attached hydrogen (secondary N) is 1. The van der Waals surface area contributed by atoms with Crippen LogP contribution < -0.4 is 11.1 Å². The second kappa shape index (κ2) is 7.49. The Kier molecular flexibility index (Phi) is 5.39. The highest BCUT2D eigenvalue weighted by atomic mass is 35.5. The molecular weight excluding hydrogens is 284 g/mol. The Balaban J connectivity index is 2.13. The monoisotopic (exact) mass is 298 g/mol. The maximum absolute atomic E-state index is 12.1. The van der Waals surface area contributed by atoms with Crippen LogP contribution in [0.5, 0.6) is 0 Å². The molecule has 21 heavy (non-hydrogen) atoms. The summed E-state index contributed by atoms with van der Waals surface area (Å²) in [4.78, 5) is 12.1. The molecule has 0 aliphatic carbocycles. The molecule has 1 amide bonds. The fraction of sp³-hybridized carbons (Fsp3) is 0.118. The maximum Gasteiger partial charge on any atom is 0.228 e. The molecule has 0 heterocycles. The Labute approximate surface area is 129 Å². The van der Waals surface area contributed by atoms with Gasteiger partial charge >= 0.3 is 0 Å². The highest BCUT2D eigenvalue weighted by molar-refractivity contribution is 6.30. The molecule has 0 aromatic heterocycles. The number of halogens is 1. The van der Waals surface area contributed by atoms with Crippen LogP contribution in [0.25, 0.3) is 0 Å². The highest BCUT2D eigenvalue weighted by Crippen LogP contribution is 2.20. The molecule has 0 fully saturated rings. The summed E-state index contributed by atoms with van der Waals surface area (Å²) in [5.41, 5.74) is 7.63. The number of amides is 1. The summed E-state index contributed by atoms with van der Waals surface area (Å²) < 4.78 is 0. The zero-order valence-corrected chi connectivity index (χ0v) is 12.2. The summed E-state index contributed by atoms with van der Waals surface area (Å²) in [6.45, 7) is 0.254. The van der Waals surface area contributed by atoms with Gasteiger partial charge in [0.2, 0.25) is 5.91 Å². The molecule has 3 nitrogen and oxygen atoms in total. The Hall–Kier alpha value is -2.28. The molecule has 2 aromatic carbocycles. The first-order chi connectivity index (χ1) is 10.2. The van der Waals surface area contributed by atoms with Crippen molar-refractivity contribution in [1.29, 1.82) is 0 Å². The predicted octanol–water partition coefficient (Wildman–Crippen LogP) is 2.83. The first-order valence-electron chi connectivity index (χ1n) is 6.51. The van der Waals surface area contributed by atoms with Gasteiger partial charge < -0.3 is 11.1 Å². The van der Waals surface area contributed by atoms with Gasteiger partial charge in [-0.3, -0.25) is 4.79 Å². The van der Waals surface area contributed by atoms with Gasteiger partial charge in [-0.25, -0.2) is 0 Å². The van der Waals surface area contributed by atoms with E-state index < -0.39 is 0 Å². The second-order valence-electron chi connectivity index (χ2n) is 4.41. The van der Waals surface area contributed by atoms with E-state index in [1.54, 1.807) is 18.2 Å². The van der Waals surface area contributed by atoms with E-state index in [1.807, 2.05) is 30.3 Å². The molecule has 2 rings (SSSR count). The lowest BCUT2D eigenvalue weighted by Crippen LogP contribution is -2.15. The van der Waals surface area contributed by atoms with Crippen LogP contribution in [0.1, 0.15) is 11.1 Å². The number of nitrogens with two attached hydrogens (primary N) is 1. The van der Waals surface area contributed by atoms with Gasteiger partial charge in [-0.15, -0.1) is 0 Å². The van der Waals surface area contributed by atoms with E-state index >= 15 is 0 Å². The molecule has 0 atom stereocenters. The Morgan fingerprint density at radius 3 is 2.67 bits per heavy atom. The van der Waals surface area contributed by atoms with E-state index in [0.29, 0.717) is 22.7 Å². The number of carbonyl (C=O) groups excluding carboxylic acids is 1. The second-order valence-corrected chi connectivity index (χ2v) is 4.84. The molecule has 0 saturated carbocycles. The van der Waals surface area contributed by atoms with E-state index in [4.69, 9.17) is 17.3 Å². The van der Waals surface area contributed by atoms with Crippen LogP contribution in [0.2, 0.25) is 5.02 Å². The summed E-state index contributed by atoms with van der Waals surface area (Å²) in [5, 5.41) is 3.42. The maximum atomic E-state index is 12.1. The summed E-state index contributed by atoms with van der Waals surface area (Å²) in [7, 11) is 0. The zero-order valence-electron chi connectivity index (χ0n) is 11.4. The molecule has 0 aliphatic rings. The summed E-state index contributed by atoms with van der Waals surface area (Å²) in [5.74, 6) is 5.57. The van der Waals surface area contributed by atoms with Gasteiger partial charge in [-0.05, 0) is 23.8 Å². The van der Waals surface area contributed by atoms with Crippen molar-refractivity contribution in [3.8, 4) is 11.8 Å². The number of hydrogen-bond acceptors (Lipinski definition) is 2. The third-order valence-corrected chi connectivity index (χ3v) is 3.02. The van der Waals surface area contributed by atoms with Gasteiger partial charge in [0, 0.05) is 10.6 Å². The molecule has 0 unspecified atom stereocenters. The smallest absolute Gasteiger partial charge is 0.228 e. The lowest BCUT2D eigenvalue weighted by molar-refractivity contribution is -0.115. The van der Waals surface area contributed by atoms with Crippen molar-refractivity contribution in [2.45, 2.75) is 6.42 Å². The molecule has 0 saturated heterocycles. The number of anilines is 1. The van der Waals surface area contributed by atoms with Crippen LogP contribution >= 0.6 is 11.6 Å². The van der Waals surface area contributed by atoms with Gasteiger partial charge in [-0.1, -0.05) is 53.8 Å². The van der Waals surface area contributed by atoms with Crippen LogP contribution in [-0.4, -0.2) is 12.5 Å². The minimum atomic E-state index is -0.0979. The van der Waals surface area contributed by atoms with Crippen molar-refractivity contribution in [2.75, 3.05) is 11.9 Å². The summed E-state index contributed by atoms with van der Waals surface area (Å²) >= 11 is 5.95. The fourth-order valence-corrected chi connectivity index (χ4v) is 2.02. The van der Waals surface area contributed by atoms with Crippen molar-refractivity contribution in [3.63, 3.8) is 0 Å². The Bertz CT molecular complexity index is 687. The SMILES string of the molecule is NCC#Cc1cc(Cl)ccc1NC(=O)Cc1ccccc1. The minimum Gasteiger partial charge on any atom is -0.325 e. The van der Waals surface area contributed by atoms with E-state index in [-0.39, 0.29) is 12.5 Å². The van der Waals surface area contributed by atoms with Crippen LogP contribution in [0.15, 0.2) is 48.5 Å². The predicted molar refractivity (Wildman–Crippen MR) is 86.2 cm³/mol. The first kappa shape index (κ1) is 15.1. The summed E-state index contributed by atoms with van der Waals surface area (Å²) in [6.07, 6.45) is 0.313. The average Bonchev–Trinajstić information content (AvgIpc) is 2.48. The van der Waals surface area contributed by atoms with Crippen molar-refractivity contribution in [2.24, 2.45) is 5.73 Å². The quantitative estimate of drug-likeness (QED) is 0.856. The first-order valence-corrected chi connectivity index (χ1v) is 6.89. The van der Waals surface area contributed by atoms with Gasteiger partial charge in [-0.2, -0.15) is 0 Å². The number of hydrogen-bond donors (Lipinski definition) is 2. The number of benzene rings is 2. The van der Waals surface area contributed by atoms with Crippen molar-refractivity contribution in [3.05, 3.63) is 64.7 Å². The average molecular weight is 299 g/mol. The van der Waals surface area contributed by atoms with Crippen LogP contribution in [-0.2, 0) is 11.2 Å². The highest BCUT2D eigenvalue weighted by Gasteiger charge is 2.07. The van der Waals surface area contributed by atoms with Crippen molar-refractivity contribution in [1.82, 2.24) is 0 Å². The molecule has 0 bridgehead atoms. The largest absolute Gasteiger partial charge is 0.325 e. The third-order valence-electron chi connectivity index (χ3n) is 2.79. The molecule has 4 heteroatoms. The van der Waals surface area contributed by atoms with E-state index in [1.165, 1.54) is 0 Å². The minimum absolute atomic E-state index is 0.0979. The lowest BCUT2D eigenvalue weighted by atomic mass is 10.1. The lowest BCUT2D eigenvalue weighted by Gasteiger charge is -2.08. The van der Waals surface area contributed by atoms with E-state index in [0.717, 1.165) is 5.56 Å². The topological polar surface area (TPSA) is 55.1 Å². The van der Waals surface area contributed by atoms with Crippen molar-refractivity contribution < 1.29 is 4.79 Å². The third kappa shape index (κ3) is 4.64. The molecule has 0 aliphatic heterocycles. The number of carbonyl (C=O) groups is 1. The van der Waals surface area contributed by atoms with Crippen molar-refractivity contribution >= 4 is 23.2 Å². The van der Waals surface area contributed by atoms with E-state index in [9.17, 15) is 4.79 Å². The van der Waals surface area contributed by atoms with Gasteiger partial charge in [0.25, 0.3) is 0 Å². The van der Waals surface area contributed by atoms with E-state index in [2.05, 4.69) is 17.2 Å². The standard InChI is InChI=1S/C17H15ClN2O/c18-15-8-9-16(14(12-15)7-4-10-19)20-17(21)11-13-5-2-1-3-6-13/h1-3,5-6,8-9,12H,10-11,19H2,(H,20,21). The summed E-state index contributed by atoms with van der Waals surface area (Å²) in [6, 6.07) is 14.7. The van der Waals surface area contributed by atoms with Crippen LogP contribution in [0.4, 0.5) is 5.69 Å². The fourth-order valence-electron chi connectivity index (χ4n) is 1.85. The normalized spacial score (nSPS) is 9.62. The molecule has 0 spiro atoms. The molecule has 106 valence electrons. The zero-order chi connectivity index (χ0) is 15.1. The molecule has 2 aromatic rings. The molecule has 0 radical (unpaired) electrons. The van der Waals surface area contributed by atoms with Crippen LogP contribution in [0, 0.1) is 11.8 Å². The molecule has 3 N–H and O–H groups in total. The van der Waals surface area contributed by atoms with Crippen LogP contribution in [0.3, 0.4) is 0 Å². The molecular formula is C17H15ClN2O. The number of rotatable bonds is 3. The Morgan fingerprint density at radius 1 is 1.19 bits per heavy atom. The van der Waals surface area contributed by atoms with Gasteiger partial charge in [0.1, 0.15) is 0 Å².